The second-order valence-electron chi connectivity index (χ2n) is 2.45. The molecule has 0 radical (unpaired) electrons. The minimum Gasteiger partial charge on any atom is -0.446 e. The van der Waals surface area contributed by atoms with Crippen LogP contribution in [0, 0.1) is 0 Å². The van der Waals surface area contributed by atoms with Crippen LogP contribution in [0.1, 0.15) is 0 Å². The van der Waals surface area contributed by atoms with Gasteiger partial charge in [0.1, 0.15) is 0 Å². The van der Waals surface area contributed by atoms with Crippen molar-refractivity contribution in [1.29, 1.82) is 0 Å². The molecule has 3 nitrogen and oxygen atoms in total. The fourth-order valence-electron chi connectivity index (χ4n) is 1.07. The average Bonchev–Trinajstić information content (AvgIpc) is 2.51. The molecule has 0 aliphatic heterocycles. The molecule has 0 unspecified atom stereocenters. The SMILES string of the molecule is S=NBc1cnc2occc2c1. The minimum atomic E-state index is 0.531. The van der Waals surface area contributed by atoms with Crippen molar-refractivity contribution in [2.75, 3.05) is 0 Å². The van der Waals surface area contributed by atoms with Crippen LogP contribution >= 0.6 is 0 Å². The Labute approximate surface area is 75.2 Å². The first kappa shape index (κ1) is 7.43. The average molecular weight is 176 g/mol. The Kier molecular flexibility index (Phi) is 1.87. The van der Waals surface area contributed by atoms with E-state index in [0.29, 0.717) is 13.1 Å². The van der Waals surface area contributed by atoms with Gasteiger partial charge in [0.25, 0.3) is 0 Å². The summed E-state index contributed by atoms with van der Waals surface area (Å²) in [5, 5.41) is 0.992. The summed E-state index contributed by atoms with van der Waals surface area (Å²) in [4.78, 5) is 4.09. The fraction of sp³-hybridized carbons (Fsp3) is 0. The quantitative estimate of drug-likeness (QED) is 0.626. The van der Waals surface area contributed by atoms with Gasteiger partial charge in [0.2, 0.25) is 5.71 Å². The van der Waals surface area contributed by atoms with Crippen LogP contribution in [0.3, 0.4) is 0 Å². The van der Waals surface area contributed by atoms with Crippen molar-refractivity contribution in [3.63, 3.8) is 0 Å². The molecular weight excluding hydrogens is 171 g/mol. The van der Waals surface area contributed by atoms with Crippen molar-refractivity contribution in [2.45, 2.75) is 0 Å². The number of nitrogens with zero attached hydrogens (tertiary/aromatic N) is 2. The van der Waals surface area contributed by atoms with Gasteiger partial charge < -0.3 is 4.42 Å². The van der Waals surface area contributed by atoms with Gasteiger partial charge in [0, 0.05) is 24.0 Å². The number of rotatable bonds is 2. The summed E-state index contributed by atoms with van der Waals surface area (Å²) in [6, 6.07) is 3.84. The molecule has 0 amide bonds. The monoisotopic (exact) mass is 176 g/mol. The molecule has 0 saturated carbocycles. The lowest BCUT2D eigenvalue weighted by Gasteiger charge is -1.91. The van der Waals surface area contributed by atoms with E-state index in [1.807, 2.05) is 12.1 Å². The molecule has 12 heavy (non-hydrogen) atoms. The van der Waals surface area contributed by atoms with E-state index in [-0.39, 0.29) is 0 Å². The van der Waals surface area contributed by atoms with Crippen LogP contribution in [0.5, 0.6) is 0 Å². The van der Waals surface area contributed by atoms with Gasteiger partial charge in [-0.05, 0) is 11.5 Å². The van der Waals surface area contributed by atoms with Crippen LogP contribution in [0.25, 0.3) is 11.1 Å². The summed E-state index contributed by atoms with van der Waals surface area (Å²) in [6.07, 6.45) is 3.34. The summed E-state index contributed by atoms with van der Waals surface area (Å²) >= 11 is 4.51. The normalized spacial score (nSPS) is 10.0. The van der Waals surface area contributed by atoms with E-state index in [1.54, 1.807) is 12.5 Å². The summed E-state index contributed by atoms with van der Waals surface area (Å²) in [7, 11) is 0.531. The minimum absolute atomic E-state index is 0.531. The van der Waals surface area contributed by atoms with Gasteiger partial charge in [-0.2, -0.15) is 0 Å². The Morgan fingerprint density at radius 3 is 3.33 bits per heavy atom. The van der Waals surface area contributed by atoms with Gasteiger partial charge in [-0.15, -0.1) is 0 Å². The Balaban J connectivity index is 2.52. The molecule has 0 spiro atoms. The standard InChI is InChI=1S/C7H5BN2OS/c12-10-8-6-3-5-1-2-11-7(5)9-4-6/h1-4,8H. The van der Waals surface area contributed by atoms with E-state index in [4.69, 9.17) is 4.42 Å². The maximum atomic E-state index is 5.08. The first-order valence-corrected chi connectivity index (χ1v) is 3.88. The highest BCUT2D eigenvalue weighted by Gasteiger charge is 2.00. The molecule has 58 valence electrons. The molecule has 0 bridgehead atoms. The predicted molar refractivity (Wildman–Crippen MR) is 50.6 cm³/mol. The van der Waals surface area contributed by atoms with Gasteiger partial charge >= 0.3 is 7.41 Å². The van der Waals surface area contributed by atoms with Crippen molar-refractivity contribution in [3.05, 3.63) is 24.6 Å². The predicted octanol–water partition coefficient (Wildman–Crippen LogP) is 0.535. The maximum Gasteiger partial charge on any atom is 0.313 e. The highest BCUT2D eigenvalue weighted by Crippen LogP contribution is 2.09. The lowest BCUT2D eigenvalue weighted by molar-refractivity contribution is 0.603. The molecule has 0 aliphatic carbocycles. The van der Waals surface area contributed by atoms with Crippen molar-refractivity contribution in [2.24, 2.45) is 4.27 Å². The number of hydrogen-bond acceptors (Lipinski definition) is 4. The van der Waals surface area contributed by atoms with Crippen molar-refractivity contribution >= 4 is 36.4 Å². The summed E-state index contributed by atoms with van der Waals surface area (Å²) in [5.41, 5.74) is 1.67. The van der Waals surface area contributed by atoms with E-state index in [2.05, 4.69) is 21.7 Å². The van der Waals surface area contributed by atoms with Crippen molar-refractivity contribution < 1.29 is 4.42 Å². The molecule has 0 fully saturated rings. The van der Waals surface area contributed by atoms with Gasteiger partial charge in [-0.1, -0.05) is 6.07 Å². The van der Waals surface area contributed by atoms with Gasteiger partial charge in [-0.25, -0.2) is 4.98 Å². The topological polar surface area (TPSA) is 38.4 Å². The Morgan fingerprint density at radius 1 is 1.58 bits per heavy atom. The van der Waals surface area contributed by atoms with Crippen LogP contribution in [-0.4, -0.2) is 12.4 Å². The zero-order chi connectivity index (χ0) is 8.39. The molecule has 0 aromatic carbocycles. The van der Waals surface area contributed by atoms with Crippen LogP contribution in [0.2, 0.25) is 0 Å². The molecule has 0 saturated heterocycles. The fourth-order valence-corrected chi connectivity index (χ4v) is 1.21. The summed E-state index contributed by atoms with van der Waals surface area (Å²) < 4.78 is 8.69. The second kappa shape index (κ2) is 3.02. The van der Waals surface area contributed by atoms with Crippen molar-refractivity contribution in [3.8, 4) is 0 Å². The Morgan fingerprint density at radius 2 is 2.50 bits per heavy atom. The van der Waals surface area contributed by atoms with Gasteiger partial charge in [0.15, 0.2) is 0 Å². The first-order chi connectivity index (χ1) is 5.90. The molecule has 0 atom stereocenters. The van der Waals surface area contributed by atoms with Crippen molar-refractivity contribution in [1.82, 2.24) is 4.98 Å². The van der Waals surface area contributed by atoms with Crippen LogP contribution in [0.15, 0.2) is 33.3 Å². The third kappa shape index (κ3) is 1.23. The Hall–Kier alpha value is -1.23. The zero-order valence-corrected chi connectivity index (χ0v) is 7.04. The zero-order valence-electron chi connectivity index (χ0n) is 6.23. The third-order valence-electron chi connectivity index (χ3n) is 1.61. The number of pyridine rings is 1. The maximum absolute atomic E-state index is 5.08. The van der Waals surface area contributed by atoms with E-state index >= 15 is 0 Å². The van der Waals surface area contributed by atoms with Crippen LogP contribution < -0.4 is 5.46 Å². The van der Waals surface area contributed by atoms with Gasteiger partial charge in [0.05, 0.1) is 6.26 Å². The molecule has 2 heterocycles. The smallest absolute Gasteiger partial charge is 0.313 e. The van der Waals surface area contributed by atoms with E-state index in [1.165, 1.54) is 0 Å². The highest BCUT2D eigenvalue weighted by molar-refractivity contribution is 7.48. The third-order valence-corrected chi connectivity index (χ3v) is 1.74. The Bertz CT molecular complexity index is 414. The first-order valence-electron chi connectivity index (χ1n) is 3.51. The highest BCUT2D eigenvalue weighted by atomic mass is 32.1. The molecule has 2 rings (SSSR count). The largest absolute Gasteiger partial charge is 0.446 e. The van der Waals surface area contributed by atoms with Crippen LogP contribution in [0.4, 0.5) is 0 Å². The molecular formula is C7H5BN2OS. The molecule has 5 heteroatoms. The molecule has 2 aromatic heterocycles. The lowest BCUT2D eigenvalue weighted by atomic mass is 9.86. The van der Waals surface area contributed by atoms with E-state index in [9.17, 15) is 0 Å². The summed E-state index contributed by atoms with van der Waals surface area (Å²) in [5.74, 6) is 0. The summed E-state index contributed by atoms with van der Waals surface area (Å²) in [6.45, 7) is 0. The lowest BCUT2D eigenvalue weighted by Crippen LogP contribution is -2.11. The number of aromatic nitrogens is 1. The molecule has 2 aromatic rings. The number of fused-ring (bicyclic) bond motifs is 1. The second-order valence-corrected chi connectivity index (χ2v) is 2.70. The molecule has 0 N–H and O–H groups in total. The van der Waals surface area contributed by atoms with Gasteiger partial charge in [-0.3, -0.25) is 4.27 Å². The van der Waals surface area contributed by atoms with E-state index in [0.717, 1.165) is 10.8 Å². The number of furan rings is 1. The number of hydrogen-bond donors (Lipinski definition) is 0. The van der Waals surface area contributed by atoms with Crippen LogP contribution in [-0.2, 0) is 12.4 Å². The molecule has 0 aliphatic rings. The van der Waals surface area contributed by atoms with E-state index < -0.39 is 0 Å².